The Hall–Kier alpha value is -3.06. The molecule has 2 aromatic carbocycles. The predicted molar refractivity (Wildman–Crippen MR) is 125 cm³/mol. The van der Waals surface area contributed by atoms with E-state index in [-0.39, 0.29) is 17.9 Å². The van der Waals surface area contributed by atoms with Crippen molar-refractivity contribution >= 4 is 22.4 Å². The Balaban J connectivity index is 1.66. The number of benzene rings is 2. The number of nitrogens with zero attached hydrogens (tertiary/aromatic N) is 1. The first-order chi connectivity index (χ1) is 14.7. The van der Waals surface area contributed by atoms with Crippen LogP contribution in [0.15, 0.2) is 41.8 Å². The van der Waals surface area contributed by atoms with E-state index in [1.807, 2.05) is 42.6 Å². The van der Waals surface area contributed by atoms with Crippen LogP contribution in [0.1, 0.15) is 31.9 Å². The highest BCUT2D eigenvalue weighted by Gasteiger charge is 2.20. The van der Waals surface area contributed by atoms with E-state index in [1.54, 1.807) is 14.2 Å². The normalized spacial score (nSPS) is 11.2. The summed E-state index contributed by atoms with van der Waals surface area (Å²) >= 11 is 1.36. The molecule has 0 aliphatic heterocycles. The van der Waals surface area contributed by atoms with Gasteiger partial charge in [0.1, 0.15) is 5.75 Å². The van der Waals surface area contributed by atoms with Crippen LogP contribution in [0.5, 0.6) is 17.2 Å². The molecule has 3 aromatic rings. The molecule has 164 valence electrons. The lowest BCUT2D eigenvalue weighted by Gasteiger charge is -2.23. The molecule has 0 radical (unpaired) electrons. The van der Waals surface area contributed by atoms with Crippen molar-refractivity contribution < 1.29 is 19.0 Å². The van der Waals surface area contributed by atoms with Crippen LogP contribution in [-0.4, -0.2) is 31.7 Å². The minimum Gasteiger partial charge on any atom is -0.493 e. The van der Waals surface area contributed by atoms with Crippen LogP contribution in [0.25, 0.3) is 11.3 Å². The van der Waals surface area contributed by atoms with E-state index in [4.69, 9.17) is 14.2 Å². The maximum Gasteiger partial charge on any atom is 0.264 e. The van der Waals surface area contributed by atoms with Gasteiger partial charge in [-0.15, -0.1) is 11.3 Å². The largest absolute Gasteiger partial charge is 0.493 e. The number of ether oxygens (including phenoxy) is 3. The lowest BCUT2D eigenvalue weighted by Crippen LogP contribution is -2.22. The fraction of sp³-hybridized carbons (Fsp3) is 0.333. The molecule has 0 atom stereocenters. The zero-order valence-corrected chi connectivity index (χ0v) is 19.6. The van der Waals surface area contributed by atoms with E-state index in [9.17, 15) is 4.79 Å². The molecule has 1 amide bonds. The third kappa shape index (κ3) is 5.55. The van der Waals surface area contributed by atoms with Gasteiger partial charge in [0.15, 0.2) is 23.2 Å². The van der Waals surface area contributed by atoms with Crippen LogP contribution in [0.3, 0.4) is 0 Å². The van der Waals surface area contributed by atoms with Crippen LogP contribution in [0, 0.1) is 6.92 Å². The maximum atomic E-state index is 12.4. The molecule has 1 N–H and O–H groups in total. The first kappa shape index (κ1) is 22.6. The number of carbonyl (C=O) groups is 1. The number of aromatic nitrogens is 1. The van der Waals surface area contributed by atoms with E-state index in [2.05, 4.69) is 37.1 Å². The fourth-order valence-corrected chi connectivity index (χ4v) is 3.85. The minimum absolute atomic E-state index is 0.0819. The predicted octanol–water partition coefficient (Wildman–Crippen LogP) is 5.45. The topological polar surface area (TPSA) is 69.7 Å². The zero-order chi connectivity index (χ0) is 22.6. The van der Waals surface area contributed by atoms with Gasteiger partial charge in [0, 0.05) is 10.9 Å². The third-order valence-electron chi connectivity index (χ3n) is 4.73. The number of hydrogen-bond donors (Lipinski definition) is 1. The summed E-state index contributed by atoms with van der Waals surface area (Å²) in [5.41, 5.74) is 3.77. The highest BCUT2D eigenvalue weighted by molar-refractivity contribution is 7.14. The standard InChI is InChI=1S/C24H28N2O4S/c1-15-7-9-19(17(11-15)24(2,3)4)30-13-22(27)26-23-25-18(14-31-23)16-8-10-20(28-5)21(12-16)29-6/h7-12,14H,13H2,1-6H3,(H,25,26,27). The van der Waals surface area contributed by atoms with Crippen molar-refractivity contribution in [2.45, 2.75) is 33.1 Å². The molecule has 3 rings (SSSR count). The highest BCUT2D eigenvalue weighted by atomic mass is 32.1. The van der Waals surface area contributed by atoms with Crippen LogP contribution < -0.4 is 19.5 Å². The molecule has 0 aliphatic rings. The average Bonchev–Trinajstić information content (AvgIpc) is 3.20. The molecule has 0 fully saturated rings. The summed E-state index contributed by atoms with van der Waals surface area (Å²) < 4.78 is 16.5. The summed E-state index contributed by atoms with van der Waals surface area (Å²) in [6.45, 7) is 8.33. The van der Waals surface area contributed by atoms with Crippen molar-refractivity contribution in [3.05, 3.63) is 52.9 Å². The second-order valence-corrected chi connectivity index (χ2v) is 9.05. The van der Waals surface area contributed by atoms with E-state index < -0.39 is 0 Å². The van der Waals surface area contributed by atoms with E-state index in [0.29, 0.717) is 16.6 Å². The van der Waals surface area contributed by atoms with Crippen LogP contribution in [0.4, 0.5) is 5.13 Å². The molecule has 0 bridgehead atoms. The van der Waals surface area contributed by atoms with Gasteiger partial charge in [-0.1, -0.05) is 38.5 Å². The Morgan fingerprint density at radius 3 is 2.42 bits per heavy atom. The quantitative estimate of drug-likeness (QED) is 0.529. The Morgan fingerprint density at radius 2 is 1.74 bits per heavy atom. The molecule has 0 spiro atoms. The summed E-state index contributed by atoms with van der Waals surface area (Å²) in [7, 11) is 3.19. The Labute approximate surface area is 187 Å². The molecule has 1 heterocycles. The lowest BCUT2D eigenvalue weighted by molar-refractivity contribution is -0.118. The molecule has 0 saturated carbocycles. The van der Waals surface area contributed by atoms with Gasteiger partial charge in [-0.2, -0.15) is 0 Å². The van der Waals surface area contributed by atoms with E-state index in [0.717, 1.165) is 28.1 Å². The summed E-state index contributed by atoms with van der Waals surface area (Å²) in [4.78, 5) is 16.9. The molecule has 31 heavy (non-hydrogen) atoms. The minimum atomic E-state index is -0.256. The van der Waals surface area contributed by atoms with E-state index >= 15 is 0 Å². The second kappa shape index (κ2) is 9.39. The molecule has 6 nitrogen and oxygen atoms in total. The Morgan fingerprint density at radius 1 is 1.03 bits per heavy atom. The third-order valence-corrected chi connectivity index (χ3v) is 5.49. The number of anilines is 1. The first-order valence-electron chi connectivity index (χ1n) is 9.93. The van der Waals surface area contributed by atoms with Gasteiger partial charge in [-0.3, -0.25) is 10.1 Å². The number of carbonyl (C=O) groups excluding carboxylic acids is 1. The Bertz CT molecular complexity index is 1070. The van der Waals surface area contributed by atoms with Gasteiger partial charge in [-0.05, 0) is 42.2 Å². The number of thiazole rings is 1. The van der Waals surface area contributed by atoms with Crippen molar-refractivity contribution in [3.63, 3.8) is 0 Å². The molecular formula is C24H28N2O4S. The monoisotopic (exact) mass is 440 g/mol. The second-order valence-electron chi connectivity index (χ2n) is 8.19. The molecule has 7 heteroatoms. The van der Waals surface area contributed by atoms with Crippen LogP contribution >= 0.6 is 11.3 Å². The summed E-state index contributed by atoms with van der Waals surface area (Å²) in [6, 6.07) is 11.6. The van der Waals surface area contributed by atoms with Crippen LogP contribution in [0.2, 0.25) is 0 Å². The number of amides is 1. The first-order valence-corrected chi connectivity index (χ1v) is 10.8. The van der Waals surface area contributed by atoms with Crippen molar-refractivity contribution in [1.29, 1.82) is 0 Å². The average molecular weight is 441 g/mol. The van der Waals surface area contributed by atoms with Gasteiger partial charge in [-0.25, -0.2) is 4.98 Å². The number of nitrogens with one attached hydrogen (secondary N) is 1. The Kier molecular flexibility index (Phi) is 6.85. The molecule has 0 unspecified atom stereocenters. The molecule has 1 aromatic heterocycles. The fourth-order valence-electron chi connectivity index (χ4n) is 3.11. The zero-order valence-electron chi connectivity index (χ0n) is 18.7. The number of methoxy groups -OCH3 is 2. The van der Waals surface area contributed by atoms with Gasteiger partial charge < -0.3 is 14.2 Å². The summed E-state index contributed by atoms with van der Waals surface area (Å²) in [5, 5.41) is 5.21. The van der Waals surface area contributed by atoms with Gasteiger partial charge in [0.25, 0.3) is 5.91 Å². The lowest BCUT2D eigenvalue weighted by atomic mass is 9.85. The highest BCUT2D eigenvalue weighted by Crippen LogP contribution is 2.34. The number of hydrogen-bond acceptors (Lipinski definition) is 6. The smallest absolute Gasteiger partial charge is 0.264 e. The molecular weight excluding hydrogens is 412 g/mol. The van der Waals surface area contributed by atoms with Crippen molar-refractivity contribution in [2.24, 2.45) is 0 Å². The number of rotatable bonds is 7. The summed E-state index contributed by atoms with van der Waals surface area (Å²) in [5.74, 6) is 1.74. The van der Waals surface area contributed by atoms with E-state index in [1.165, 1.54) is 11.3 Å². The SMILES string of the molecule is COc1ccc(-c2csc(NC(=O)COc3ccc(C)cc3C(C)(C)C)n2)cc1OC. The molecule has 0 aliphatic carbocycles. The van der Waals surface area contributed by atoms with Crippen molar-refractivity contribution in [1.82, 2.24) is 4.98 Å². The maximum absolute atomic E-state index is 12.4. The van der Waals surface area contributed by atoms with Crippen molar-refractivity contribution in [3.8, 4) is 28.5 Å². The van der Waals surface area contributed by atoms with Crippen molar-refractivity contribution in [2.75, 3.05) is 26.1 Å². The molecule has 0 saturated heterocycles. The van der Waals surface area contributed by atoms with Gasteiger partial charge in [0.2, 0.25) is 0 Å². The summed E-state index contributed by atoms with van der Waals surface area (Å²) in [6.07, 6.45) is 0. The number of aryl methyl sites for hydroxylation is 1. The van der Waals surface area contributed by atoms with Crippen LogP contribution in [-0.2, 0) is 10.2 Å². The van der Waals surface area contributed by atoms with Gasteiger partial charge in [0.05, 0.1) is 19.9 Å². The van der Waals surface area contributed by atoms with Gasteiger partial charge >= 0.3 is 0 Å².